The lowest BCUT2D eigenvalue weighted by Crippen LogP contribution is -2.51. The van der Waals surface area contributed by atoms with E-state index < -0.39 is 6.04 Å². The van der Waals surface area contributed by atoms with Gasteiger partial charge in [0, 0.05) is 34.9 Å². The zero-order valence-electron chi connectivity index (χ0n) is 20.6. The van der Waals surface area contributed by atoms with E-state index in [-0.39, 0.29) is 24.3 Å². The van der Waals surface area contributed by atoms with Crippen LogP contribution in [0.3, 0.4) is 0 Å². The van der Waals surface area contributed by atoms with Crippen LogP contribution in [0.2, 0.25) is 5.02 Å². The van der Waals surface area contributed by atoms with Crippen molar-refractivity contribution in [1.29, 1.82) is 0 Å². The quantitative estimate of drug-likeness (QED) is 0.255. The Bertz CT molecular complexity index is 1110. The molecule has 0 unspecified atom stereocenters. The van der Waals surface area contributed by atoms with Gasteiger partial charge in [0.1, 0.15) is 11.8 Å². The van der Waals surface area contributed by atoms with Gasteiger partial charge in [0.15, 0.2) is 0 Å². The summed E-state index contributed by atoms with van der Waals surface area (Å²) >= 11 is 9.39. The molecule has 2 amide bonds. The van der Waals surface area contributed by atoms with E-state index in [1.165, 1.54) is 0 Å². The Morgan fingerprint density at radius 3 is 2.25 bits per heavy atom. The minimum Gasteiger partial charge on any atom is -0.494 e. The van der Waals surface area contributed by atoms with E-state index in [0.29, 0.717) is 36.8 Å². The number of carbonyl (C=O) groups excluding carboxylic acids is 2. The number of carbonyl (C=O) groups is 2. The van der Waals surface area contributed by atoms with Gasteiger partial charge in [-0.15, -0.1) is 0 Å². The second-order valence-corrected chi connectivity index (χ2v) is 10.3. The Morgan fingerprint density at radius 1 is 0.944 bits per heavy atom. The maximum Gasteiger partial charge on any atom is 0.243 e. The highest BCUT2D eigenvalue weighted by Gasteiger charge is 2.30. The van der Waals surface area contributed by atoms with Crippen molar-refractivity contribution in [2.75, 3.05) is 6.61 Å². The molecule has 1 atom stereocenters. The fraction of sp³-hybridized carbons (Fsp3) is 0.310. The molecule has 0 aliphatic heterocycles. The number of nitrogens with zero attached hydrogens (tertiary/aromatic N) is 1. The molecule has 3 aromatic carbocycles. The van der Waals surface area contributed by atoms with Crippen molar-refractivity contribution >= 4 is 39.3 Å². The molecule has 3 aromatic rings. The molecule has 0 aromatic heterocycles. The van der Waals surface area contributed by atoms with Crippen LogP contribution in [0.1, 0.15) is 37.8 Å². The number of benzene rings is 3. The number of halogens is 2. The molecule has 0 radical (unpaired) electrons. The van der Waals surface area contributed by atoms with Gasteiger partial charge in [-0.1, -0.05) is 70.0 Å². The van der Waals surface area contributed by atoms with Crippen molar-refractivity contribution in [3.05, 3.63) is 99.5 Å². The highest BCUT2D eigenvalue weighted by Crippen LogP contribution is 2.19. The molecule has 36 heavy (non-hydrogen) atoms. The monoisotopic (exact) mass is 570 g/mol. The molecule has 0 spiro atoms. The van der Waals surface area contributed by atoms with Gasteiger partial charge in [0.2, 0.25) is 11.8 Å². The lowest BCUT2D eigenvalue weighted by atomic mass is 10.0. The molecule has 3 rings (SSSR count). The van der Waals surface area contributed by atoms with Gasteiger partial charge in [-0.25, -0.2) is 0 Å². The molecule has 0 aliphatic rings. The largest absolute Gasteiger partial charge is 0.494 e. The summed E-state index contributed by atoms with van der Waals surface area (Å²) in [4.78, 5) is 28.6. The third-order valence-electron chi connectivity index (χ3n) is 5.59. The summed E-state index contributed by atoms with van der Waals surface area (Å²) in [6, 6.07) is 24.1. The maximum absolute atomic E-state index is 13.6. The van der Waals surface area contributed by atoms with Crippen LogP contribution in [0, 0.1) is 0 Å². The van der Waals surface area contributed by atoms with E-state index in [2.05, 4.69) is 21.2 Å². The second-order valence-electron chi connectivity index (χ2n) is 8.92. The van der Waals surface area contributed by atoms with E-state index >= 15 is 0 Å². The van der Waals surface area contributed by atoms with E-state index in [1.54, 1.807) is 29.2 Å². The molecule has 0 bridgehead atoms. The predicted octanol–water partition coefficient (Wildman–Crippen LogP) is 6.43. The van der Waals surface area contributed by atoms with Crippen LogP contribution in [-0.4, -0.2) is 35.4 Å². The number of nitrogens with one attached hydrogen (secondary N) is 1. The van der Waals surface area contributed by atoms with Crippen LogP contribution in [0.5, 0.6) is 5.75 Å². The van der Waals surface area contributed by atoms with Gasteiger partial charge < -0.3 is 15.0 Å². The lowest BCUT2D eigenvalue weighted by Gasteiger charge is -2.32. The van der Waals surface area contributed by atoms with Gasteiger partial charge in [-0.3, -0.25) is 9.59 Å². The van der Waals surface area contributed by atoms with Crippen LogP contribution in [0.25, 0.3) is 0 Å². The van der Waals surface area contributed by atoms with Gasteiger partial charge in [0.25, 0.3) is 0 Å². The first-order valence-electron chi connectivity index (χ1n) is 12.1. The average molecular weight is 572 g/mol. The third-order valence-corrected chi connectivity index (χ3v) is 6.37. The molecule has 0 heterocycles. The van der Waals surface area contributed by atoms with Crippen LogP contribution >= 0.6 is 27.5 Å². The van der Waals surface area contributed by atoms with Gasteiger partial charge in [-0.05, 0) is 67.8 Å². The number of rotatable bonds is 12. The number of hydrogen-bond acceptors (Lipinski definition) is 3. The summed E-state index contributed by atoms with van der Waals surface area (Å²) in [5, 5.41) is 3.65. The Hall–Kier alpha value is -2.83. The van der Waals surface area contributed by atoms with E-state index in [4.69, 9.17) is 16.3 Å². The van der Waals surface area contributed by atoms with E-state index in [1.807, 2.05) is 68.4 Å². The summed E-state index contributed by atoms with van der Waals surface area (Å²) in [7, 11) is 0. The topological polar surface area (TPSA) is 58.6 Å². The number of hydrogen-bond donors (Lipinski definition) is 1. The number of amides is 2. The second kappa shape index (κ2) is 14.0. The smallest absolute Gasteiger partial charge is 0.243 e. The standard InChI is InChI=1S/C29H32BrClN2O3/c1-21(2)32-29(35)27(19-22-7-4-3-5-8-22)33(20-23-10-12-24(30)13-11-23)28(34)9-6-18-36-26-16-14-25(31)15-17-26/h3-5,7-8,10-17,21,27H,6,9,18-20H2,1-2H3,(H,32,35)/t27-/m1/s1. The van der Waals surface area contributed by atoms with Crippen molar-refractivity contribution in [1.82, 2.24) is 10.2 Å². The minimum absolute atomic E-state index is 0.0341. The Labute approximate surface area is 226 Å². The first-order valence-corrected chi connectivity index (χ1v) is 13.3. The zero-order valence-corrected chi connectivity index (χ0v) is 23.0. The van der Waals surface area contributed by atoms with Gasteiger partial charge >= 0.3 is 0 Å². The molecule has 0 aliphatic carbocycles. The van der Waals surface area contributed by atoms with Crippen molar-refractivity contribution in [3.63, 3.8) is 0 Å². The molecule has 7 heteroatoms. The Morgan fingerprint density at radius 2 is 1.61 bits per heavy atom. The minimum atomic E-state index is -0.636. The summed E-state index contributed by atoms with van der Waals surface area (Å²) in [6.07, 6.45) is 1.23. The van der Waals surface area contributed by atoms with E-state index in [0.717, 1.165) is 15.6 Å². The zero-order chi connectivity index (χ0) is 25.9. The first kappa shape index (κ1) is 27.8. The Balaban J connectivity index is 1.77. The first-order chi connectivity index (χ1) is 17.3. The third kappa shape index (κ3) is 8.99. The SMILES string of the molecule is CC(C)NC(=O)[C@@H](Cc1ccccc1)N(Cc1ccc(Br)cc1)C(=O)CCCOc1ccc(Cl)cc1. The molecule has 1 N–H and O–H groups in total. The van der Waals surface area contributed by atoms with Crippen LogP contribution < -0.4 is 10.1 Å². The molecular weight excluding hydrogens is 540 g/mol. The summed E-state index contributed by atoms with van der Waals surface area (Å²) in [5.41, 5.74) is 1.96. The molecule has 0 saturated carbocycles. The predicted molar refractivity (Wildman–Crippen MR) is 148 cm³/mol. The summed E-state index contributed by atoms with van der Waals surface area (Å²) in [5.74, 6) is 0.464. The van der Waals surface area contributed by atoms with Crippen LogP contribution in [0.15, 0.2) is 83.3 Å². The van der Waals surface area contributed by atoms with Crippen molar-refractivity contribution in [3.8, 4) is 5.75 Å². The molecule has 190 valence electrons. The van der Waals surface area contributed by atoms with Gasteiger partial charge in [-0.2, -0.15) is 0 Å². The summed E-state index contributed by atoms with van der Waals surface area (Å²) < 4.78 is 6.72. The highest BCUT2D eigenvalue weighted by molar-refractivity contribution is 9.10. The normalized spacial score (nSPS) is 11.7. The van der Waals surface area contributed by atoms with Crippen LogP contribution in [-0.2, 0) is 22.6 Å². The van der Waals surface area contributed by atoms with Crippen LogP contribution in [0.4, 0.5) is 0 Å². The number of ether oxygens (including phenoxy) is 1. The van der Waals surface area contributed by atoms with E-state index in [9.17, 15) is 9.59 Å². The fourth-order valence-electron chi connectivity index (χ4n) is 3.81. The molecule has 0 fully saturated rings. The maximum atomic E-state index is 13.6. The lowest BCUT2D eigenvalue weighted by molar-refractivity contribution is -0.141. The highest BCUT2D eigenvalue weighted by atomic mass is 79.9. The van der Waals surface area contributed by atoms with Crippen molar-refractivity contribution < 1.29 is 14.3 Å². The molecule has 5 nitrogen and oxygen atoms in total. The molecule has 0 saturated heterocycles. The fourth-order valence-corrected chi connectivity index (χ4v) is 4.20. The molecular formula is C29H32BrClN2O3. The summed E-state index contributed by atoms with van der Waals surface area (Å²) in [6.45, 7) is 4.58. The van der Waals surface area contributed by atoms with Gasteiger partial charge in [0.05, 0.1) is 6.61 Å². The van der Waals surface area contributed by atoms with Crippen molar-refractivity contribution in [2.45, 2.75) is 51.7 Å². The van der Waals surface area contributed by atoms with Crippen molar-refractivity contribution in [2.24, 2.45) is 0 Å². The average Bonchev–Trinajstić information content (AvgIpc) is 2.86. The Kier molecular flexibility index (Phi) is 10.8.